The van der Waals surface area contributed by atoms with Crippen LogP contribution in [0, 0.1) is 5.92 Å². The zero-order valence-corrected chi connectivity index (χ0v) is 13.3. The lowest BCUT2D eigenvalue weighted by atomic mass is 9.97. The first kappa shape index (κ1) is 14.6. The van der Waals surface area contributed by atoms with Crippen molar-refractivity contribution in [3.8, 4) is 0 Å². The van der Waals surface area contributed by atoms with Crippen LogP contribution in [0.5, 0.6) is 0 Å². The van der Waals surface area contributed by atoms with E-state index in [1.54, 1.807) is 0 Å². The van der Waals surface area contributed by atoms with Gasteiger partial charge in [-0.15, -0.1) is 0 Å². The van der Waals surface area contributed by atoms with E-state index in [0.29, 0.717) is 5.02 Å². The van der Waals surface area contributed by atoms with Crippen LogP contribution in [-0.4, -0.2) is 30.6 Å². The third kappa shape index (κ3) is 4.11. The molecule has 1 aliphatic carbocycles. The minimum absolute atomic E-state index is 0.712. The molecule has 20 heavy (non-hydrogen) atoms. The van der Waals surface area contributed by atoms with Crippen molar-refractivity contribution in [3.63, 3.8) is 0 Å². The normalized spacial score (nSPS) is 24.0. The number of hydrogen-bond acceptors (Lipinski definition) is 2. The fourth-order valence-corrected chi connectivity index (χ4v) is 3.44. The Morgan fingerprint density at radius 1 is 1.20 bits per heavy atom. The van der Waals surface area contributed by atoms with E-state index >= 15 is 0 Å². The first-order valence-electron chi connectivity index (χ1n) is 7.60. The van der Waals surface area contributed by atoms with Crippen LogP contribution >= 0.6 is 23.2 Å². The Balaban J connectivity index is 1.53. The standard InChI is InChI=1S/C16H22Cl2N2/c17-14-4-3-13(16(18)8-14)11-20-7-1-2-12(10-20)9-19-15-5-6-15/h3-4,8,12,15,19H,1-2,5-7,9-11H2. The van der Waals surface area contributed by atoms with Gasteiger partial charge in [0.15, 0.2) is 0 Å². The second-order valence-corrected chi connectivity index (χ2v) is 7.01. The number of rotatable bonds is 5. The maximum atomic E-state index is 6.27. The summed E-state index contributed by atoms with van der Waals surface area (Å²) < 4.78 is 0. The van der Waals surface area contributed by atoms with Crippen LogP contribution in [-0.2, 0) is 6.54 Å². The molecule has 1 atom stereocenters. The first-order chi connectivity index (χ1) is 9.70. The van der Waals surface area contributed by atoms with Gasteiger partial charge in [-0.3, -0.25) is 4.90 Å². The van der Waals surface area contributed by atoms with Gasteiger partial charge in [-0.2, -0.15) is 0 Å². The van der Waals surface area contributed by atoms with Crippen molar-refractivity contribution in [1.29, 1.82) is 0 Å². The van der Waals surface area contributed by atoms with E-state index in [1.165, 1.54) is 50.9 Å². The molecule has 2 nitrogen and oxygen atoms in total. The van der Waals surface area contributed by atoms with Crippen molar-refractivity contribution >= 4 is 23.2 Å². The highest BCUT2D eigenvalue weighted by Gasteiger charge is 2.24. The van der Waals surface area contributed by atoms with Gasteiger partial charge < -0.3 is 5.32 Å². The predicted molar refractivity (Wildman–Crippen MR) is 85.5 cm³/mol. The van der Waals surface area contributed by atoms with Crippen LogP contribution < -0.4 is 5.32 Å². The van der Waals surface area contributed by atoms with E-state index in [2.05, 4.69) is 16.3 Å². The van der Waals surface area contributed by atoms with Gasteiger partial charge in [-0.05, 0) is 62.4 Å². The fraction of sp³-hybridized carbons (Fsp3) is 0.625. The SMILES string of the molecule is Clc1ccc(CN2CCCC(CNC3CC3)C2)c(Cl)c1. The molecular weight excluding hydrogens is 291 g/mol. The minimum atomic E-state index is 0.712. The summed E-state index contributed by atoms with van der Waals surface area (Å²) in [6, 6.07) is 6.64. The van der Waals surface area contributed by atoms with Gasteiger partial charge in [0.05, 0.1) is 0 Å². The maximum absolute atomic E-state index is 6.27. The molecule has 3 rings (SSSR count). The van der Waals surface area contributed by atoms with Crippen LogP contribution in [0.2, 0.25) is 10.0 Å². The topological polar surface area (TPSA) is 15.3 Å². The highest BCUT2D eigenvalue weighted by molar-refractivity contribution is 6.35. The zero-order valence-electron chi connectivity index (χ0n) is 11.7. The average Bonchev–Trinajstić information content (AvgIpc) is 3.24. The number of likely N-dealkylation sites (tertiary alicyclic amines) is 1. The third-order valence-electron chi connectivity index (χ3n) is 4.28. The largest absolute Gasteiger partial charge is 0.314 e. The summed E-state index contributed by atoms with van der Waals surface area (Å²) in [7, 11) is 0. The van der Waals surface area contributed by atoms with Gasteiger partial charge >= 0.3 is 0 Å². The molecule has 1 aromatic rings. The lowest BCUT2D eigenvalue weighted by Gasteiger charge is -2.33. The molecule has 1 N–H and O–H groups in total. The molecule has 2 aliphatic rings. The van der Waals surface area contributed by atoms with E-state index in [4.69, 9.17) is 23.2 Å². The van der Waals surface area contributed by atoms with Crippen molar-refractivity contribution in [1.82, 2.24) is 10.2 Å². The molecule has 1 aliphatic heterocycles. The zero-order chi connectivity index (χ0) is 13.9. The fourth-order valence-electron chi connectivity index (χ4n) is 2.97. The van der Waals surface area contributed by atoms with Crippen LogP contribution in [0.15, 0.2) is 18.2 Å². The molecule has 4 heteroatoms. The van der Waals surface area contributed by atoms with Crippen LogP contribution in [0.4, 0.5) is 0 Å². The maximum Gasteiger partial charge on any atom is 0.0465 e. The summed E-state index contributed by atoms with van der Waals surface area (Å²) in [4.78, 5) is 2.53. The highest BCUT2D eigenvalue weighted by atomic mass is 35.5. The van der Waals surface area contributed by atoms with Crippen molar-refractivity contribution in [2.45, 2.75) is 38.3 Å². The Morgan fingerprint density at radius 2 is 2.05 bits per heavy atom. The van der Waals surface area contributed by atoms with Gasteiger partial charge in [0.25, 0.3) is 0 Å². The lowest BCUT2D eigenvalue weighted by molar-refractivity contribution is 0.165. The number of benzene rings is 1. The number of hydrogen-bond donors (Lipinski definition) is 1. The molecular formula is C16H22Cl2N2. The Kier molecular flexibility index (Phi) is 4.87. The summed E-state index contributed by atoms with van der Waals surface area (Å²) in [5.41, 5.74) is 1.19. The van der Waals surface area contributed by atoms with Crippen LogP contribution in [0.25, 0.3) is 0 Å². The average molecular weight is 313 g/mol. The minimum Gasteiger partial charge on any atom is -0.314 e. The van der Waals surface area contributed by atoms with Crippen molar-refractivity contribution in [2.75, 3.05) is 19.6 Å². The summed E-state index contributed by atoms with van der Waals surface area (Å²) in [6.07, 6.45) is 5.39. The van der Waals surface area contributed by atoms with Crippen molar-refractivity contribution in [2.24, 2.45) is 5.92 Å². The van der Waals surface area contributed by atoms with Crippen molar-refractivity contribution < 1.29 is 0 Å². The van der Waals surface area contributed by atoms with E-state index < -0.39 is 0 Å². The second-order valence-electron chi connectivity index (χ2n) is 6.16. The van der Waals surface area contributed by atoms with E-state index in [1.807, 2.05) is 12.1 Å². The predicted octanol–water partition coefficient (Wildman–Crippen LogP) is 3.96. The van der Waals surface area contributed by atoms with Crippen molar-refractivity contribution in [3.05, 3.63) is 33.8 Å². The van der Waals surface area contributed by atoms with Gasteiger partial charge in [0, 0.05) is 29.2 Å². The molecule has 2 fully saturated rings. The Labute approximate surface area is 131 Å². The van der Waals surface area contributed by atoms with Gasteiger partial charge in [-0.1, -0.05) is 29.3 Å². The Hall–Kier alpha value is -0.280. The third-order valence-corrected chi connectivity index (χ3v) is 4.87. The van der Waals surface area contributed by atoms with E-state index in [9.17, 15) is 0 Å². The van der Waals surface area contributed by atoms with Gasteiger partial charge in [-0.25, -0.2) is 0 Å². The molecule has 110 valence electrons. The van der Waals surface area contributed by atoms with E-state index in [-0.39, 0.29) is 0 Å². The molecule has 1 unspecified atom stereocenters. The Morgan fingerprint density at radius 3 is 2.80 bits per heavy atom. The number of piperidine rings is 1. The number of nitrogens with zero attached hydrogens (tertiary/aromatic N) is 1. The summed E-state index contributed by atoms with van der Waals surface area (Å²) in [5.74, 6) is 0.787. The number of nitrogens with one attached hydrogen (secondary N) is 1. The van der Waals surface area contributed by atoms with E-state index in [0.717, 1.165) is 23.5 Å². The smallest absolute Gasteiger partial charge is 0.0465 e. The lowest BCUT2D eigenvalue weighted by Crippen LogP contribution is -2.39. The summed E-state index contributed by atoms with van der Waals surface area (Å²) in [5, 5.41) is 5.16. The molecule has 0 spiro atoms. The molecule has 1 saturated carbocycles. The summed E-state index contributed by atoms with van der Waals surface area (Å²) >= 11 is 12.2. The molecule has 0 radical (unpaired) electrons. The molecule has 0 aromatic heterocycles. The second kappa shape index (κ2) is 6.65. The van der Waals surface area contributed by atoms with Gasteiger partial charge in [0.1, 0.15) is 0 Å². The Bertz CT molecular complexity index is 460. The summed E-state index contributed by atoms with van der Waals surface area (Å²) in [6.45, 7) is 4.48. The quantitative estimate of drug-likeness (QED) is 0.885. The first-order valence-corrected chi connectivity index (χ1v) is 8.36. The number of halogens is 2. The molecule has 0 amide bonds. The monoisotopic (exact) mass is 312 g/mol. The molecule has 1 aromatic carbocycles. The highest BCUT2D eigenvalue weighted by Crippen LogP contribution is 2.25. The molecule has 0 bridgehead atoms. The molecule has 1 heterocycles. The van der Waals surface area contributed by atoms with Gasteiger partial charge in [0.2, 0.25) is 0 Å². The van der Waals surface area contributed by atoms with Crippen LogP contribution in [0.3, 0.4) is 0 Å². The van der Waals surface area contributed by atoms with Crippen LogP contribution in [0.1, 0.15) is 31.2 Å². The molecule has 1 saturated heterocycles.